The number of rotatable bonds is 7. The van der Waals surface area contributed by atoms with Gasteiger partial charge < -0.3 is 15.0 Å². The molecule has 0 atom stereocenters. The number of nitrogens with zero attached hydrogens (tertiary/aromatic N) is 2. The van der Waals surface area contributed by atoms with E-state index in [1.807, 2.05) is 50.1 Å². The second kappa shape index (κ2) is 9.23. The van der Waals surface area contributed by atoms with Crippen LogP contribution in [-0.4, -0.2) is 42.8 Å². The molecule has 0 saturated heterocycles. The summed E-state index contributed by atoms with van der Waals surface area (Å²) >= 11 is 0. The zero-order valence-corrected chi connectivity index (χ0v) is 18.9. The summed E-state index contributed by atoms with van der Waals surface area (Å²) in [5.74, 6) is -1.72. The van der Waals surface area contributed by atoms with Gasteiger partial charge in [0.05, 0.1) is 4.92 Å². The van der Waals surface area contributed by atoms with Crippen LogP contribution >= 0.6 is 0 Å². The van der Waals surface area contributed by atoms with Gasteiger partial charge in [-0.2, -0.15) is 0 Å². The molecule has 1 heterocycles. The molecule has 0 unspecified atom stereocenters. The second-order valence-corrected chi connectivity index (χ2v) is 8.30. The minimum atomic E-state index is -0.768. The highest BCUT2D eigenvalue weighted by molar-refractivity contribution is 5.97. The number of allylic oxidation sites excluding steroid dienone is 1. The minimum absolute atomic E-state index is 0.0993. The van der Waals surface area contributed by atoms with Crippen molar-refractivity contribution in [1.82, 2.24) is 5.32 Å². The smallest absolute Gasteiger partial charge is 0.325 e. The number of esters is 1. The van der Waals surface area contributed by atoms with Crippen LogP contribution in [-0.2, 0) is 19.7 Å². The maximum Gasteiger partial charge on any atom is 0.325 e. The van der Waals surface area contributed by atoms with Crippen LogP contribution < -0.4 is 10.2 Å². The Balaban J connectivity index is 1.54. The van der Waals surface area contributed by atoms with Gasteiger partial charge in [0.15, 0.2) is 12.4 Å². The van der Waals surface area contributed by atoms with Gasteiger partial charge in [0, 0.05) is 47.1 Å². The molecule has 2 aromatic carbocycles. The predicted octanol–water partition coefficient (Wildman–Crippen LogP) is 3.06. The highest BCUT2D eigenvalue weighted by atomic mass is 16.6. The lowest BCUT2D eigenvalue weighted by molar-refractivity contribution is -0.385. The van der Waals surface area contributed by atoms with Gasteiger partial charge >= 0.3 is 5.97 Å². The van der Waals surface area contributed by atoms with Crippen molar-refractivity contribution in [3.63, 3.8) is 0 Å². The molecule has 1 N–H and O–H groups in total. The Kier molecular flexibility index (Phi) is 6.62. The standard InChI is InChI=1S/C24H25N3O6/c1-15-11-16(9-10-19(15)27(31)32)23(30)25-13-22(29)33-14-17(28)12-21-24(2,3)18-7-5-6-8-20(18)26(21)4/h5-12H,13-14H2,1-4H3,(H,25,30). The first-order valence-electron chi connectivity index (χ1n) is 10.3. The highest BCUT2D eigenvalue weighted by Crippen LogP contribution is 2.46. The van der Waals surface area contributed by atoms with E-state index in [-0.39, 0.29) is 22.4 Å². The number of carbonyl (C=O) groups is 3. The maximum absolute atomic E-state index is 12.4. The molecule has 1 aliphatic heterocycles. The molecule has 1 amide bonds. The van der Waals surface area contributed by atoms with Crippen LogP contribution in [0, 0.1) is 17.0 Å². The number of carbonyl (C=O) groups excluding carboxylic acids is 3. The van der Waals surface area contributed by atoms with E-state index in [1.165, 1.54) is 31.2 Å². The number of nitrogens with one attached hydrogen (secondary N) is 1. The van der Waals surface area contributed by atoms with Gasteiger partial charge in [0.2, 0.25) is 0 Å². The molecule has 172 valence electrons. The average molecular weight is 451 g/mol. The number of ketones is 1. The number of hydrogen-bond donors (Lipinski definition) is 1. The quantitative estimate of drug-likeness (QED) is 0.297. The molecule has 2 aromatic rings. The van der Waals surface area contributed by atoms with Crippen molar-refractivity contribution in [2.45, 2.75) is 26.2 Å². The van der Waals surface area contributed by atoms with Crippen molar-refractivity contribution in [1.29, 1.82) is 0 Å². The van der Waals surface area contributed by atoms with E-state index in [1.54, 1.807) is 0 Å². The monoisotopic (exact) mass is 451 g/mol. The Morgan fingerprint density at radius 2 is 1.88 bits per heavy atom. The van der Waals surface area contributed by atoms with Gasteiger partial charge in [0.1, 0.15) is 6.54 Å². The fraction of sp³-hybridized carbons (Fsp3) is 0.292. The Labute approximate surface area is 191 Å². The normalized spacial score (nSPS) is 15.2. The Hall–Kier alpha value is -4.01. The summed E-state index contributed by atoms with van der Waals surface area (Å²) in [5, 5.41) is 13.3. The fourth-order valence-corrected chi connectivity index (χ4v) is 3.91. The first-order valence-corrected chi connectivity index (χ1v) is 10.3. The number of nitro benzene ring substituents is 1. The number of fused-ring (bicyclic) bond motifs is 1. The minimum Gasteiger partial charge on any atom is -0.456 e. The number of hydrogen-bond acceptors (Lipinski definition) is 7. The van der Waals surface area contributed by atoms with Crippen molar-refractivity contribution in [3.05, 3.63) is 81.0 Å². The zero-order valence-electron chi connectivity index (χ0n) is 18.9. The molecule has 1 aliphatic rings. The summed E-state index contributed by atoms with van der Waals surface area (Å²) in [6, 6.07) is 11.8. The highest BCUT2D eigenvalue weighted by Gasteiger charge is 2.38. The van der Waals surface area contributed by atoms with Crippen LogP contribution in [0.4, 0.5) is 11.4 Å². The summed E-state index contributed by atoms with van der Waals surface area (Å²) in [4.78, 5) is 48.9. The first kappa shape index (κ1) is 23.6. The summed E-state index contributed by atoms with van der Waals surface area (Å²) in [6.45, 7) is 4.68. The predicted molar refractivity (Wildman–Crippen MR) is 122 cm³/mol. The van der Waals surface area contributed by atoms with Gasteiger partial charge in [-0.05, 0) is 30.7 Å². The summed E-state index contributed by atoms with van der Waals surface area (Å²) in [5.41, 5.74) is 2.95. The topological polar surface area (TPSA) is 119 Å². The lowest BCUT2D eigenvalue weighted by Crippen LogP contribution is -2.31. The number of para-hydroxylation sites is 1. The number of benzene rings is 2. The van der Waals surface area contributed by atoms with Crippen molar-refractivity contribution < 1.29 is 24.0 Å². The molecule has 0 spiro atoms. The number of aryl methyl sites for hydroxylation is 1. The van der Waals surface area contributed by atoms with Gasteiger partial charge in [-0.3, -0.25) is 24.5 Å². The van der Waals surface area contributed by atoms with Gasteiger partial charge in [-0.1, -0.05) is 32.0 Å². The lowest BCUT2D eigenvalue weighted by Gasteiger charge is -2.23. The molecule has 0 aromatic heterocycles. The van der Waals surface area contributed by atoms with E-state index >= 15 is 0 Å². The number of ether oxygens (including phenoxy) is 1. The summed E-state index contributed by atoms with van der Waals surface area (Å²) in [7, 11) is 1.88. The molecule has 33 heavy (non-hydrogen) atoms. The van der Waals surface area contributed by atoms with E-state index in [0.717, 1.165) is 16.9 Å². The Bertz CT molecular complexity index is 1170. The number of nitro groups is 1. The van der Waals surface area contributed by atoms with Crippen molar-refractivity contribution in [3.8, 4) is 0 Å². The Morgan fingerprint density at radius 3 is 2.52 bits per heavy atom. The van der Waals surface area contributed by atoms with Crippen LogP contribution in [0.25, 0.3) is 0 Å². The second-order valence-electron chi connectivity index (χ2n) is 8.30. The van der Waals surface area contributed by atoms with Crippen LogP contribution in [0.3, 0.4) is 0 Å². The first-order chi connectivity index (χ1) is 15.5. The molecule has 0 saturated carbocycles. The van der Waals surface area contributed by atoms with E-state index in [0.29, 0.717) is 5.56 Å². The third-order valence-electron chi connectivity index (χ3n) is 5.66. The largest absolute Gasteiger partial charge is 0.456 e. The van der Waals surface area contributed by atoms with Crippen LogP contribution in [0.2, 0.25) is 0 Å². The molecular formula is C24H25N3O6. The molecule has 0 radical (unpaired) electrons. The van der Waals surface area contributed by atoms with Gasteiger partial charge in [-0.25, -0.2) is 0 Å². The van der Waals surface area contributed by atoms with E-state index < -0.39 is 30.0 Å². The zero-order chi connectivity index (χ0) is 24.3. The number of anilines is 1. The number of amides is 1. The summed E-state index contributed by atoms with van der Waals surface area (Å²) < 4.78 is 5.00. The van der Waals surface area contributed by atoms with Gasteiger partial charge in [0.25, 0.3) is 11.6 Å². The van der Waals surface area contributed by atoms with Crippen LogP contribution in [0.15, 0.2) is 54.2 Å². The SMILES string of the molecule is Cc1cc(C(=O)NCC(=O)OCC(=O)C=C2N(C)c3ccccc3C2(C)C)ccc1[N+](=O)[O-]. The molecule has 9 nitrogen and oxygen atoms in total. The molecule has 0 fully saturated rings. The van der Waals surface area contributed by atoms with Crippen LogP contribution in [0.5, 0.6) is 0 Å². The third-order valence-corrected chi connectivity index (χ3v) is 5.66. The fourth-order valence-electron chi connectivity index (χ4n) is 3.91. The van der Waals surface area contributed by atoms with Crippen molar-refractivity contribution in [2.24, 2.45) is 0 Å². The third kappa shape index (κ3) is 4.92. The summed E-state index contributed by atoms with van der Waals surface area (Å²) in [6.07, 6.45) is 1.48. The van der Waals surface area contributed by atoms with Crippen molar-refractivity contribution in [2.75, 3.05) is 25.1 Å². The van der Waals surface area contributed by atoms with Crippen molar-refractivity contribution >= 4 is 29.0 Å². The lowest BCUT2D eigenvalue weighted by atomic mass is 9.83. The van der Waals surface area contributed by atoms with Gasteiger partial charge in [-0.15, -0.1) is 0 Å². The molecule has 3 rings (SSSR count). The number of likely N-dealkylation sites (N-methyl/N-ethyl adjacent to an activating group) is 1. The van der Waals surface area contributed by atoms with E-state index in [4.69, 9.17) is 4.74 Å². The molecule has 0 bridgehead atoms. The average Bonchev–Trinajstić information content (AvgIpc) is 2.96. The molecular weight excluding hydrogens is 426 g/mol. The van der Waals surface area contributed by atoms with E-state index in [9.17, 15) is 24.5 Å². The maximum atomic E-state index is 12.4. The van der Waals surface area contributed by atoms with E-state index in [2.05, 4.69) is 5.32 Å². The molecule has 0 aliphatic carbocycles. The Morgan fingerprint density at radius 1 is 1.18 bits per heavy atom. The molecule has 9 heteroatoms. The van der Waals surface area contributed by atoms with Crippen LogP contribution in [0.1, 0.15) is 35.3 Å².